The van der Waals surface area contributed by atoms with E-state index in [9.17, 15) is 12.8 Å². The van der Waals surface area contributed by atoms with Crippen LogP contribution in [0, 0.1) is 11.2 Å². The van der Waals surface area contributed by atoms with Crippen molar-refractivity contribution in [2.24, 2.45) is 16.9 Å². The van der Waals surface area contributed by atoms with Gasteiger partial charge in [-0.25, -0.2) is 12.8 Å². The molecule has 0 saturated heterocycles. The smallest absolute Gasteiger partial charge is 0.182 e. The molecule has 1 aliphatic carbocycles. The highest BCUT2D eigenvalue weighted by Crippen LogP contribution is 2.62. The van der Waals surface area contributed by atoms with Crippen molar-refractivity contribution in [2.75, 3.05) is 13.1 Å². The molecule has 2 aromatic rings. The van der Waals surface area contributed by atoms with Crippen LogP contribution in [0.3, 0.4) is 0 Å². The first-order chi connectivity index (χ1) is 11.0. The second-order valence-corrected chi connectivity index (χ2v) is 8.02. The molecule has 0 aliphatic heterocycles. The number of nitrogens with two attached hydrogens (primary N) is 2. The second-order valence-electron chi connectivity index (χ2n) is 5.95. The molecule has 0 spiro atoms. The van der Waals surface area contributed by atoms with Gasteiger partial charge in [0.2, 0.25) is 0 Å². The normalized spacial score (nSPS) is 22.7. The summed E-state index contributed by atoms with van der Waals surface area (Å²) in [5.74, 6) is -0.675. The van der Waals surface area contributed by atoms with E-state index in [1.54, 1.807) is 42.5 Å². The minimum atomic E-state index is -3.56. The highest BCUT2D eigenvalue weighted by molar-refractivity contribution is 7.92. The summed E-state index contributed by atoms with van der Waals surface area (Å²) in [5, 5.41) is -0.683. The van der Waals surface area contributed by atoms with Crippen LogP contribution in [0.1, 0.15) is 11.5 Å². The molecule has 0 aromatic heterocycles. The average molecular weight is 334 g/mol. The van der Waals surface area contributed by atoms with Crippen molar-refractivity contribution < 1.29 is 12.8 Å². The number of hydrogen-bond acceptors (Lipinski definition) is 4. The maximum absolute atomic E-state index is 13.2. The first-order valence-corrected chi connectivity index (χ1v) is 8.96. The van der Waals surface area contributed by atoms with Gasteiger partial charge in [-0.15, -0.1) is 0 Å². The van der Waals surface area contributed by atoms with Crippen LogP contribution >= 0.6 is 0 Å². The van der Waals surface area contributed by atoms with Crippen LogP contribution in [0.25, 0.3) is 0 Å². The lowest BCUT2D eigenvalue weighted by Crippen LogP contribution is -2.31. The van der Waals surface area contributed by atoms with Gasteiger partial charge in [-0.3, -0.25) is 0 Å². The van der Waals surface area contributed by atoms with E-state index < -0.39 is 20.5 Å². The minimum absolute atomic E-state index is 0.169. The number of benzene rings is 2. The van der Waals surface area contributed by atoms with Crippen LogP contribution in [0.15, 0.2) is 59.5 Å². The first kappa shape index (κ1) is 16.1. The van der Waals surface area contributed by atoms with Gasteiger partial charge in [0, 0.05) is 24.4 Å². The quantitative estimate of drug-likeness (QED) is 0.871. The summed E-state index contributed by atoms with van der Waals surface area (Å²) in [7, 11) is -3.56. The summed E-state index contributed by atoms with van der Waals surface area (Å²) >= 11 is 0. The van der Waals surface area contributed by atoms with Crippen LogP contribution in [0.5, 0.6) is 0 Å². The van der Waals surface area contributed by atoms with Crippen molar-refractivity contribution in [1.82, 2.24) is 0 Å². The van der Waals surface area contributed by atoms with Gasteiger partial charge >= 0.3 is 0 Å². The molecule has 1 saturated carbocycles. The molecular weight excluding hydrogens is 315 g/mol. The van der Waals surface area contributed by atoms with Gasteiger partial charge in [0.15, 0.2) is 9.84 Å². The predicted molar refractivity (Wildman–Crippen MR) is 87.1 cm³/mol. The molecule has 1 aliphatic rings. The third-order valence-electron chi connectivity index (χ3n) is 4.77. The van der Waals surface area contributed by atoms with Gasteiger partial charge in [-0.1, -0.05) is 30.3 Å². The van der Waals surface area contributed by atoms with E-state index in [0.29, 0.717) is 0 Å². The Bertz CT molecular complexity index is 787. The summed E-state index contributed by atoms with van der Waals surface area (Å²) in [6.45, 7) is 0.338. The molecule has 2 atom stereocenters. The van der Waals surface area contributed by atoms with Crippen molar-refractivity contribution in [1.29, 1.82) is 0 Å². The fraction of sp³-hybridized carbons (Fsp3) is 0.294. The lowest BCUT2D eigenvalue weighted by molar-refractivity contribution is 0.509. The lowest BCUT2D eigenvalue weighted by Gasteiger charge is -2.13. The van der Waals surface area contributed by atoms with E-state index in [2.05, 4.69) is 0 Å². The SMILES string of the molecule is NCC1(CN)[C@H](S(=O)(=O)c2ccccc2)[C@@H]1c1ccc(F)cc1. The van der Waals surface area contributed by atoms with Crippen LogP contribution in [-0.2, 0) is 9.84 Å². The molecule has 4 nitrogen and oxygen atoms in total. The van der Waals surface area contributed by atoms with Gasteiger partial charge in [-0.05, 0) is 29.8 Å². The predicted octanol–water partition coefficient (Wildman–Crippen LogP) is 1.67. The van der Waals surface area contributed by atoms with Crippen molar-refractivity contribution in [3.05, 3.63) is 66.0 Å². The standard InChI is InChI=1S/C17H19FN2O2S/c18-13-8-6-12(7-9-13)15-16(17(15,10-19)11-20)23(21,22)14-4-2-1-3-5-14/h1-9,15-16H,10-11,19-20H2/t15-,16+/m0/s1. The maximum atomic E-state index is 13.2. The first-order valence-electron chi connectivity index (χ1n) is 7.42. The summed E-state index contributed by atoms with van der Waals surface area (Å²) in [6.07, 6.45) is 0. The molecule has 23 heavy (non-hydrogen) atoms. The Morgan fingerprint density at radius 3 is 2.04 bits per heavy atom. The molecule has 0 bridgehead atoms. The molecule has 1 fully saturated rings. The van der Waals surface area contributed by atoms with E-state index in [-0.39, 0.29) is 29.7 Å². The summed E-state index contributed by atoms with van der Waals surface area (Å²) in [6, 6.07) is 14.2. The molecule has 2 aromatic carbocycles. The molecule has 0 unspecified atom stereocenters. The Kier molecular flexibility index (Phi) is 4.00. The topological polar surface area (TPSA) is 86.2 Å². The fourth-order valence-electron chi connectivity index (χ4n) is 3.44. The van der Waals surface area contributed by atoms with E-state index in [1.807, 2.05) is 0 Å². The van der Waals surface area contributed by atoms with Crippen molar-refractivity contribution >= 4 is 9.84 Å². The fourth-order valence-corrected chi connectivity index (χ4v) is 5.94. The van der Waals surface area contributed by atoms with E-state index in [1.165, 1.54) is 12.1 Å². The average Bonchev–Trinajstić information content (AvgIpc) is 3.27. The Morgan fingerprint density at radius 1 is 0.957 bits per heavy atom. The van der Waals surface area contributed by atoms with E-state index in [0.717, 1.165) is 5.56 Å². The van der Waals surface area contributed by atoms with Crippen molar-refractivity contribution in [3.63, 3.8) is 0 Å². The molecule has 4 N–H and O–H groups in total. The van der Waals surface area contributed by atoms with Crippen molar-refractivity contribution in [2.45, 2.75) is 16.1 Å². The highest BCUT2D eigenvalue weighted by atomic mass is 32.2. The van der Waals surface area contributed by atoms with Gasteiger partial charge < -0.3 is 11.5 Å². The highest BCUT2D eigenvalue weighted by Gasteiger charge is 2.69. The van der Waals surface area contributed by atoms with Gasteiger partial charge in [0.1, 0.15) is 5.82 Å². The van der Waals surface area contributed by atoms with Crippen molar-refractivity contribution in [3.8, 4) is 0 Å². The zero-order chi connectivity index (χ0) is 16.7. The van der Waals surface area contributed by atoms with E-state index in [4.69, 9.17) is 11.5 Å². The monoisotopic (exact) mass is 334 g/mol. The minimum Gasteiger partial charge on any atom is -0.330 e. The van der Waals surface area contributed by atoms with E-state index >= 15 is 0 Å². The molecule has 0 heterocycles. The summed E-state index contributed by atoms with van der Waals surface area (Å²) < 4.78 is 39.1. The van der Waals surface area contributed by atoms with Gasteiger partial charge in [0.25, 0.3) is 0 Å². The number of rotatable bonds is 5. The zero-order valence-electron chi connectivity index (χ0n) is 12.5. The Labute approximate surface area is 135 Å². The Hall–Kier alpha value is -1.76. The largest absolute Gasteiger partial charge is 0.330 e. The third kappa shape index (κ3) is 2.47. The number of hydrogen-bond donors (Lipinski definition) is 2. The Morgan fingerprint density at radius 2 is 1.52 bits per heavy atom. The van der Waals surface area contributed by atoms with Crippen LogP contribution in [0.2, 0.25) is 0 Å². The number of sulfone groups is 1. The summed E-state index contributed by atoms with van der Waals surface area (Å²) in [4.78, 5) is 0.265. The molecule has 6 heteroatoms. The summed E-state index contributed by atoms with van der Waals surface area (Å²) in [5.41, 5.74) is 11.8. The maximum Gasteiger partial charge on any atom is 0.182 e. The van der Waals surface area contributed by atoms with Crippen LogP contribution in [-0.4, -0.2) is 26.8 Å². The lowest BCUT2D eigenvalue weighted by atomic mass is 9.99. The molecule has 3 rings (SSSR count). The number of halogens is 1. The second kappa shape index (κ2) is 5.70. The van der Waals surface area contributed by atoms with Gasteiger partial charge in [-0.2, -0.15) is 0 Å². The molecule has 0 amide bonds. The van der Waals surface area contributed by atoms with Crippen LogP contribution in [0.4, 0.5) is 4.39 Å². The third-order valence-corrected chi connectivity index (χ3v) is 7.11. The molecular formula is C17H19FN2O2S. The van der Waals surface area contributed by atoms with Gasteiger partial charge in [0.05, 0.1) is 10.1 Å². The molecule has 122 valence electrons. The zero-order valence-corrected chi connectivity index (χ0v) is 13.3. The van der Waals surface area contributed by atoms with Crippen LogP contribution < -0.4 is 11.5 Å². The Balaban J connectivity index is 2.05. The molecule has 0 radical (unpaired) electrons.